The first-order valence-corrected chi connectivity index (χ1v) is 10.1. The van der Waals surface area contributed by atoms with Crippen LogP contribution < -0.4 is 5.51 Å². The average molecular weight is 327 g/mol. The molecule has 5 nitrogen and oxygen atoms in total. The van der Waals surface area contributed by atoms with E-state index < -0.39 is 20.1 Å². The Labute approximate surface area is 134 Å². The summed E-state index contributed by atoms with van der Waals surface area (Å²) in [6, 6.07) is 0. The summed E-state index contributed by atoms with van der Waals surface area (Å²) in [4.78, 5) is 15.6. The van der Waals surface area contributed by atoms with Gasteiger partial charge in [0, 0.05) is 6.92 Å². The van der Waals surface area contributed by atoms with Crippen LogP contribution in [0, 0.1) is 0 Å². The number of rotatable bonds is 7. The lowest BCUT2D eigenvalue weighted by atomic mass is 10.3. The minimum Gasteiger partial charge on any atom is -0.452 e. The first-order chi connectivity index (χ1) is 10.2. The Hall–Kier alpha value is -1.14. The molecule has 1 unspecified atom stereocenters. The molecule has 22 heavy (non-hydrogen) atoms. The van der Waals surface area contributed by atoms with E-state index in [4.69, 9.17) is 9.15 Å². The van der Waals surface area contributed by atoms with Crippen LogP contribution in [0.4, 0.5) is 0 Å². The molecule has 0 aromatic carbocycles. The number of hydrogen-bond acceptors (Lipinski definition) is 5. The molecule has 1 rings (SSSR count). The summed E-state index contributed by atoms with van der Waals surface area (Å²) in [7, 11) is -1.98. The molecule has 1 atom stereocenters. The van der Waals surface area contributed by atoms with Gasteiger partial charge in [-0.15, -0.1) is 0 Å². The van der Waals surface area contributed by atoms with E-state index in [1.54, 1.807) is 6.20 Å². The number of oxazole rings is 1. The maximum atomic E-state index is 11.1. The largest absolute Gasteiger partial charge is 0.452 e. The van der Waals surface area contributed by atoms with E-state index in [9.17, 15) is 9.90 Å². The molecule has 0 radical (unpaired) electrons. The minimum atomic E-state index is -1.98. The fourth-order valence-corrected chi connectivity index (χ4v) is 9.83. The number of aliphatic hydroxyl groups excluding tert-OH is 1. The van der Waals surface area contributed by atoms with Gasteiger partial charge in [0.25, 0.3) is 0 Å². The molecular weight excluding hydrogens is 298 g/mol. The number of ether oxygens (including phenoxy) is 1. The van der Waals surface area contributed by atoms with Gasteiger partial charge in [0.05, 0.1) is 12.8 Å². The molecule has 0 fully saturated rings. The third-order valence-corrected chi connectivity index (χ3v) is 11.3. The second-order valence-corrected chi connectivity index (χ2v) is 12.5. The van der Waals surface area contributed by atoms with Crippen LogP contribution in [0.5, 0.6) is 0 Å². The summed E-state index contributed by atoms with van der Waals surface area (Å²) in [5.74, 6) is -0.0244. The Kier molecular flexibility index (Phi) is 6.37. The minimum absolute atomic E-state index is 0.312. The maximum absolute atomic E-state index is 11.1. The number of hydrogen-bond donors (Lipinski definition) is 1. The second kappa shape index (κ2) is 7.42. The van der Waals surface area contributed by atoms with E-state index in [-0.39, 0.29) is 6.61 Å². The summed E-state index contributed by atoms with van der Waals surface area (Å²) in [5.41, 5.74) is 2.20. The second-order valence-electron chi connectivity index (χ2n) is 6.75. The Morgan fingerprint density at radius 2 is 1.73 bits per heavy atom. The molecule has 1 aromatic rings. The Morgan fingerprint density at radius 3 is 2.09 bits per heavy atom. The van der Waals surface area contributed by atoms with Crippen LogP contribution in [0.25, 0.3) is 0 Å². The van der Waals surface area contributed by atoms with Gasteiger partial charge in [0.2, 0.25) is 0 Å². The van der Waals surface area contributed by atoms with Crippen molar-refractivity contribution < 1.29 is 19.1 Å². The molecule has 0 saturated carbocycles. The third-order valence-electron chi connectivity index (χ3n) is 4.55. The monoisotopic (exact) mass is 327 g/mol. The highest BCUT2D eigenvalue weighted by Crippen LogP contribution is 2.41. The summed E-state index contributed by atoms with van der Waals surface area (Å²) in [5, 5.41) is 9.41. The van der Waals surface area contributed by atoms with Gasteiger partial charge in [-0.1, -0.05) is 41.5 Å². The zero-order chi connectivity index (χ0) is 17.1. The molecule has 0 amide bonds. The van der Waals surface area contributed by atoms with Gasteiger partial charge in [-0.05, 0) is 16.6 Å². The van der Waals surface area contributed by atoms with Gasteiger partial charge in [-0.3, -0.25) is 4.79 Å². The fourth-order valence-electron chi connectivity index (χ4n) is 3.76. The molecule has 0 aliphatic heterocycles. The first kappa shape index (κ1) is 18.9. The van der Waals surface area contributed by atoms with E-state index in [1.165, 1.54) is 6.92 Å². The summed E-state index contributed by atoms with van der Waals surface area (Å²) >= 11 is 0. The smallest absolute Gasteiger partial charge is 0.303 e. The van der Waals surface area contributed by atoms with Crippen molar-refractivity contribution >= 4 is 19.6 Å². The van der Waals surface area contributed by atoms with Crippen LogP contribution in [-0.4, -0.2) is 30.7 Å². The molecule has 0 aliphatic rings. The molecule has 1 heterocycles. The van der Waals surface area contributed by atoms with Crippen molar-refractivity contribution in [2.45, 2.75) is 71.2 Å². The summed E-state index contributed by atoms with van der Waals surface area (Å²) < 4.78 is 11.1. The SMILES string of the molecule is CC(=O)OC(CO)c1cnc([Si](C(C)C)(C(C)C)C(C)C)o1. The molecule has 0 aliphatic carbocycles. The van der Waals surface area contributed by atoms with Crippen molar-refractivity contribution in [3.05, 3.63) is 12.0 Å². The zero-order valence-electron chi connectivity index (χ0n) is 14.7. The Morgan fingerprint density at radius 1 is 1.23 bits per heavy atom. The molecular formula is C16H29NO4Si. The third kappa shape index (κ3) is 3.43. The van der Waals surface area contributed by atoms with Gasteiger partial charge in [-0.25, -0.2) is 4.98 Å². The molecule has 126 valence electrons. The van der Waals surface area contributed by atoms with E-state index in [1.807, 2.05) is 0 Å². The molecule has 1 N–H and O–H groups in total. The topological polar surface area (TPSA) is 72.6 Å². The van der Waals surface area contributed by atoms with Gasteiger partial charge in [0.1, 0.15) is 0 Å². The van der Waals surface area contributed by atoms with Crippen LogP contribution in [0.1, 0.15) is 60.3 Å². The molecule has 0 saturated heterocycles. The van der Waals surface area contributed by atoms with Crippen molar-refractivity contribution in [3.8, 4) is 0 Å². The van der Waals surface area contributed by atoms with Crippen molar-refractivity contribution in [1.29, 1.82) is 0 Å². The Balaban J connectivity index is 3.27. The molecule has 0 bridgehead atoms. The number of aliphatic hydroxyl groups is 1. The highest BCUT2D eigenvalue weighted by Gasteiger charge is 2.49. The molecule has 1 aromatic heterocycles. The van der Waals surface area contributed by atoms with Gasteiger partial charge < -0.3 is 14.3 Å². The number of nitrogens with zero attached hydrogens (tertiary/aromatic N) is 1. The lowest BCUT2D eigenvalue weighted by molar-refractivity contribution is -0.149. The van der Waals surface area contributed by atoms with Crippen molar-refractivity contribution in [3.63, 3.8) is 0 Å². The van der Waals surface area contributed by atoms with Crippen LogP contribution in [0.2, 0.25) is 16.6 Å². The van der Waals surface area contributed by atoms with Crippen LogP contribution >= 0.6 is 0 Å². The van der Waals surface area contributed by atoms with E-state index in [2.05, 4.69) is 46.5 Å². The summed E-state index contributed by atoms with van der Waals surface area (Å²) in [6.07, 6.45) is 0.811. The predicted molar refractivity (Wildman–Crippen MR) is 88.8 cm³/mol. The number of esters is 1. The standard InChI is InChI=1S/C16H29NO4Si/c1-10(2)22(11(3)4,12(5)6)16-17-8-14(21-16)15(9-18)20-13(7)19/h8,10-12,15,18H,9H2,1-7H3. The Bertz CT molecular complexity index is 474. The quantitative estimate of drug-likeness (QED) is 0.615. The highest BCUT2D eigenvalue weighted by molar-refractivity contribution is 6.93. The van der Waals surface area contributed by atoms with Crippen molar-refractivity contribution in [2.75, 3.05) is 6.61 Å². The number of carbonyl (C=O) groups excluding carboxylic acids is 1. The predicted octanol–water partition coefficient (Wildman–Crippen LogP) is 3.16. The first-order valence-electron chi connectivity index (χ1n) is 7.92. The van der Waals surface area contributed by atoms with Crippen LogP contribution in [0.3, 0.4) is 0 Å². The van der Waals surface area contributed by atoms with E-state index in [0.29, 0.717) is 22.4 Å². The lowest BCUT2D eigenvalue weighted by Gasteiger charge is -2.39. The van der Waals surface area contributed by atoms with Gasteiger partial charge >= 0.3 is 5.97 Å². The summed E-state index contributed by atoms with van der Waals surface area (Å²) in [6.45, 7) is 14.4. The average Bonchev–Trinajstić information content (AvgIpc) is 2.84. The fraction of sp³-hybridized carbons (Fsp3) is 0.750. The normalized spacial score (nSPS) is 14.0. The zero-order valence-corrected chi connectivity index (χ0v) is 15.7. The lowest BCUT2D eigenvalue weighted by Crippen LogP contribution is -2.56. The number of aromatic nitrogens is 1. The number of carbonyl (C=O) groups is 1. The van der Waals surface area contributed by atoms with Crippen molar-refractivity contribution in [1.82, 2.24) is 4.98 Å². The highest BCUT2D eigenvalue weighted by atomic mass is 28.3. The van der Waals surface area contributed by atoms with Crippen LogP contribution in [0.15, 0.2) is 10.6 Å². The van der Waals surface area contributed by atoms with Gasteiger partial charge in [-0.2, -0.15) is 0 Å². The van der Waals surface area contributed by atoms with Crippen LogP contribution in [-0.2, 0) is 9.53 Å². The van der Waals surface area contributed by atoms with E-state index in [0.717, 1.165) is 5.51 Å². The maximum Gasteiger partial charge on any atom is 0.303 e. The van der Waals surface area contributed by atoms with E-state index >= 15 is 0 Å². The van der Waals surface area contributed by atoms with Gasteiger partial charge in [0.15, 0.2) is 25.5 Å². The molecule has 6 heteroatoms. The molecule has 0 spiro atoms. The van der Waals surface area contributed by atoms with Crippen molar-refractivity contribution in [2.24, 2.45) is 0 Å².